The van der Waals surface area contributed by atoms with Crippen LogP contribution < -0.4 is 4.74 Å². The predicted octanol–water partition coefficient (Wildman–Crippen LogP) is 7.98. The lowest BCUT2D eigenvalue weighted by Gasteiger charge is -2.24. The molecule has 8 heteroatoms. The molecule has 0 spiro atoms. The normalized spacial score (nSPS) is 13.2. The number of hydrogen-bond donors (Lipinski definition) is 1. The van der Waals surface area contributed by atoms with Crippen LogP contribution in [0.25, 0.3) is 0 Å². The minimum absolute atomic E-state index is 0.0130. The van der Waals surface area contributed by atoms with Crippen molar-refractivity contribution in [1.82, 2.24) is 0 Å². The van der Waals surface area contributed by atoms with Crippen LogP contribution in [0.4, 0.5) is 0 Å². The number of rotatable bonds is 26. The first-order valence-corrected chi connectivity index (χ1v) is 16.8. The summed E-state index contributed by atoms with van der Waals surface area (Å²) >= 11 is 0. The molecule has 40 heavy (non-hydrogen) atoms. The summed E-state index contributed by atoms with van der Waals surface area (Å²) in [5.74, 6) is 0.422. The van der Waals surface area contributed by atoms with Gasteiger partial charge in [-0.25, -0.2) is 0 Å². The van der Waals surface area contributed by atoms with E-state index in [1.165, 1.54) is 82.6 Å². The van der Waals surface area contributed by atoms with E-state index in [1.54, 1.807) is 0 Å². The Morgan fingerprint density at radius 1 is 0.800 bits per heavy atom. The number of aryl methyl sites for hydroxylation is 1. The summed E-state index contributed by atoms with van der Waals surface area (Å²) in [4.78, 5) is 22.1. The molecule has 1 aromatic rings. The second-order valence-corrected chi connectivity index (χ2v) is 12.8. The van der Waals surface area contributed by atoms with Gasteiger partial charge in [-0.15, -0.1) is 0 Å². The summed E-state index contributed by atoms with van der Waals surface area (Å²) in [6.45, 7) is 5.49. The monoisotopic (exact) mass is 584 g/mol. The van der Waals surface area contributed by atoms with Crippen molar-refractivity contribution in [3.05, 3.63) is 29.8 Å². The molecule has 0 heterocycles. The van der Waals surface area contributed by atoms with Gasteiger partial charge in [0.1, 0.15) is 25.5 Å². The number of nitrogens with zero attached hydrogens (tertiary/aromatic N) is 1. The van der Waals surface area contributed by atoms with Crippen molar-refractivity contribution in [1.29, 1.82) is 0 Å². The molecule has 0 saturated carbocycles. The lowest BCUT2D eigenvalue weighted by atomic mass is 10.0. The molecule has 0 aliphatic carbocycles. The molecule has 7 nitrogen and oxygen atoms in total. The van der Waals surface area contributed by atoms with Crippen LogP contribution >= 0.6 is 8.60 Å². The van der Waals surface area contributed by atoms with E-state index in [1.807, 2.05) is 19.1 Å². The van der Waals surface area contributed by atoms with Crippen LogP contribution in [-0.2, 0) is 25.0 Å². The van der Waals surface area contributed by atoms with E-state index in [4.69, 9.17) is 18.5 Å². The van der Waals surface area contributed by atoms with Crippen molar-refractivity contribution >= 4 is 14.6 Å². The second kappa shape index (κ2) is 23.3. The highest BCUT2D eigenvalue weighted by atomic mass is 31.2. The average molecular weight is 585 g/mol. The number of quaternary nitrogens is 1. The zero-order chi connectivity index (χ0) is 29.5. The predicted molar refractivity (Wildman–Crippen MR) is 165 cm³/mol. The Kier molecular flexibility index (Phi) is 21.5. The van der Waals surface area contributed by atoms with Crippen molar-refractivity contribution in [2.24, 2.45) is 0 Å². The van der Waals surface area contributed by atoms with E-state index >= 15 is 0 Å². The molecule has 2 unspecified atom stereocenters. The van der Waals surface area contributed by atoms with Crippen LogP contribution in [0.3, 0.4) is 0 Å². The average Bonchev–Trinajstić information content (AvgIpc) is 2.91. The molecule has 0 fully saturated rings. The molecule has 0 saturated heterocycles. The summed E-state index contributed by atoms with van der Waals surface area (Å²) in [6.07, 6.45) is 17.8. The van der Waals surface area contributed by atoms with E-state index in [2.05, 4.69) is 40.2 Å². The van der Waals surface area contributed by atoms with Gasteiger partial charge in [0.2, 0.25) is 0 Å². The Morgan fingerprint density at radius 2 is 1.38 bits per heavy atom. The Bertz CT molecular complexity index is 740. The smallest absolute Gasteiger partial charge is 0.330 e. The van der Waals surface area contributed by atoms with Gasteiger partial charge < -0.3 is 27.9 Å². The minimum Gasteiger partial charge on any atom is -0.490 e. The summed E-state index contributed by atoms with van der Waals surface area (Å²) in [5.41, 5.74) is 1.31. The molecular formula is C32H59NO6P+. The molecule has 0 radical (unpaired) electrons. The molecule has 0 aromatic heterocycles. The largest absolute Gasteiger partial charge is 0.490 e. The van der Waals surface area contributed by atoms with Crippen LogP contribution in [0.2, 0.25) is 0 Å². The SMILES string of the molecule is CCCCCCCCCCCCCCc1ccc(OCC(COP(O)OCC[N+](C)(C)C)OC(=O)CCC)cc1. The fourth-order valence-corrected chi connectivity index (χ4v) is 4.86. The Morgan fingerprint density at radius 3 is 1.93 bits per heavy atom. The number of carbonyl (C=O) groups excluding carboxylic acids is 1. The lowest BCUT2D eigenvalue weighted by molar-refractivity contribution is -0.870. The Hall–Kier alpha value is -1.24. The number of unbranched alkanes of at least 4 members (excludes halogenated alkanes) is 11. The maximum atomic E-state index is 12.1. The third-order valence-corrected chi connectivity index (χ3v) is 7.54. The van der Waals surface area contributed by atoms with Crippen LogP contribution in [0, 0.1) is 0 Å². The molecule has 1 rings (SSSR count). The number of ether oxygens (including phenoxy) is 2. The van der Waals surface area contributed by atoms with Crippen LogP contribution in [-0.4, -0.2) is 69.0 Å². The van der Waals surface area contributed by atoms with Crippen molar-refractivity contribution in [2.75, 3.05) is 47.5 Å². The highest BCUT2D eigenvalue weighted by Crippen LogP contribution is 2.33. The summed E-state index contributed by atoms with van der Waals surface area (Å²) in [5, 5.41) is 0. The number of esters is 1. The van der Waals surface area contributed by atoms with Crippen LogP contribution in [0.5, 0.6) is 5.75 Å². The third kappa shape index (κ3) is 21.5. The first-order chi connectivity index (χ1) is 19.2. The number of benzene rings is 1. The summed E-state index contributed by atoms with van der Waals surface area (Å²) < 4.78 is 23.0. The molecule has 2 atom stereocenters. The van der Waals surface area contributed by atoms with E-state index in [0.717, 1.165) is 23.2 Å². The first-order valence-electron chi connectivity index (χ1n) is 15.7. The maximum absolute atomic E-state index is 12.1. The summed E-state index contributed by atoms with van der Waals surface area (Å²) in [6, 6.07) is 8.15. The lowest BCUT2D eigenvalue weighted by Crippen LogP contribution is -2.37. The highest BCUT2D eigenvalue weighted by Gasteiger charge is 2.19. The zero-order valence-corrected chi connectivity index (χ0v) is 27.1. The van der Waals surface area contributed by atoms with E-state index in [-0.39, 0.29) is 19.2 Å². The molecule has 0 aliphatic rings. The first kappa shape index (κ1) is 36.8. The summed E-state index contributed by atoms with van der Waals surface area (Å²) in [7, 11) is 4.11. The standard InChI is InChI=1S/C32H59NO6P/c1-6-8-9-10-11-12-13-14-15-16-17-18-20-29-21-23-30(24-22-29)36-27-31(39-32(34)19-7-2)28-38-40(35)37-26-25-33(3,4)5/h21-24,31,35H,6-20,25-28H2,1-5H3/q+1. The van der Waals surface area contributed by atoms with E-state index < -0.39 is 14.7 Å². The molecule has 232 valence electrons. The molecule has 0 aliphatic heterocycles. The van der Waals surface area contributed by atoms with Gasteiger partial charge >= 0.3 is 14.6 Å². The van der Waals surface area contributed by atoms with Crippen molar-refractivity contribution in [3.8, 4) is 5.75 Å². The van der Waals surface area contributed by atoms with Gasteiger partial charge in [0, 0.05) is 6.42 Å². The highest BCUT2D eigenvalue weighted by molar-refractivity contribution is 7.40. The van der Waals surface area contributed by atoms with Gasteiger partial charge in [-0.2, -0.15) is 0 Å². The molecule has 1 aromatic carbocycles. The van der Waals surface area contributed by atoms with Crippen molar-refractivity contribution in [3.63, 3.8) is 0 Å². The van der Waals surface area contributed by atoms with Gasteiger partial charge in [-0.05, 0) is 37.0 Å². The quantitative estimate of drug-likeness (QED) is 0.0515. The molecule has 0 amide bonds. The van der Waals surface area contributed by atoms with Gasteiger partial charge in [0.15, 0.2) is 6.10 Å². The molecule has 0 bridgehead atoms. The van der Waals surface area contributed by atoms with Crippen LogP contribution in [0.1, 0.15) is 109 Å². The van der Waals surface area contributed by atoms with Gasteiger partial charge in [0.05, 0.1) is 27.7 Å². The maximum Gasteiger partial charge on any atom is 0.330 e. The number of likely N-dealkylation sites (N-methyl/N-ethyl adjacent to an activating group) is 1. The fourth-order valence-electron chi connectivity index (χ4n) is 4.25. The van der Waals surface area contributed by atoms with E-state index in [0.29, 0.717) is 19.4 Å². The van der Waals surface area contributed by atoms with Crippen molar-refractivity contribution in [2.45, 2.75) is 116 Å². The zero-order valence-electron chi connectivity index (χ0n) is 26.2. The Balaban J connectivity index is 2.29. The van der Waals surface area contributed by atoms with Gasteiger partial charge in [0.25, 0.3) is 0 Å². The molecule has 1 N–H and O–H groups in total. The number of hydrogen-bond acceptors (Lipinski definition) is 6. The number of carbonyl (C=O) groups is 1. The minimum atomic E-state index is -2.04. The van der Waals surface area contributed by atoms with E-state index in [9.17, 15) is 9.69 Å². The van der Waals surface area contributed by atoms with Gasteiger partial charge in [-0.3, -0.25) is 4.79 Å². The fraction of sp³-hybridized carbons (Fsp3) is 0.781. The molecular weight excluding hydrogens is 525 g/mol. The van der Waals surface area contributed by atoms with Crippen LogP contribution in [0.15, 0.2) is 24.3 Å². The topological polar surface area (TPSA) is 74.2 Å². The second-order valence-electron chi connectivity index (χ2n) is 11.8. The van der Waals surface area contributed by atoms with Gasteiger partial charge in [-0.1, -0.05) is 96.6 Å². The Labute approximate surface area is 246 Å². The third-order valence-electron chi connectivity index (χ3n) is 6.77. The van der Waals surface area contributed by atoms with Crippen molar-refractivity contribution < 1.29 is 32.7 Å².